The molecule has 4 aromatic rings. The van der Waals surface area contributed by atoms with Gasteiger partial charge in [0.25, 0.3) is 5.91 Å². The lowest BCUT2D eigenvalue weighted by atomic mass is 9.72. The lowest BCUT2D eigenvalue weighted by Gasteiger charge is -2.33. The fourth-order valence-electron chi connectivity index (χ4n) is 5.00. The van der Waals surface area contributed by atoms with Crippen molar-refractivity contribution in [2.45, 2.75) is 46.6 Å². The van der Waals surface area contributed by atoms with Crippen LogP contribution in [0.25, 0.3) is 0 Å². The number of ether oxygens (including phenoxy) is 1. The first-order valence-electron chi connectivity index (χ1n) is 13.4. The van der Waals surface area contributed by atoms with Gasteiger partial charge in [0.15, 0.2) is 0 Å². The maximum absolute atomic E-state index is 13.6. The van der Waals surface area contributed by atoms with E-state index in [2.05, 4.69) is 26.1 Å². The Kier molecular flexibility index (Phi) is 8.65. The fourth-order valence-corrected chi connectivity index (χ4v) is 6.60. The molecule has 0 spiro atoms. The van der Waals surface area contributed by atoms with Gasteiger partial charge in [-0.25, -0.2) is 4.99 Å². The molecule has 0 saturated carbocycles. The van der Waals surface area contributed by atoms with Crippen molar-refractivity contribution in [2.75, 3.05) is 5.32 Å². The molecule has 0 bridgehead atoms. The van der Waals surface area contributed by atoms with Crippen molar-refractivity contribution in [1.82, 2.24) is 0 Å². The van der Waals surface area contributed by atoms with Gasteiger partial charge in [-0.3, -0.25) is 4.79 Å². The van der Waals surface area contributed by atoms with Crippen molar-refractivity contribution in [2.24, 2.45) is 16.3 Å². The highest BCUT2D eigenvalue weighted by atomic mass is 35.5. The Labute approximate surface area is 250 Å². The van der Waals surface area contributed by atoms with E-state index in [9.17, 15) is 4.79 Å². The monoisotopic (exact) mass is 590 g/mol. The van der Waals surface area contributed by atoms with Crippen LogP contribution in [0.5, 0.6) is 5.75 Å². The zero-order chi connectivity index (χ0) is 28.3. The third-order valence-electron chi connectivity index (χ3n) is 7.32. The number of aliphatic imine (C=N–C) groups is 1. The summed E-state index contributed by atoms with van der Waals surface area (Å²) in [6, 6.07) is 22.6. The number of amides is 1. The normalized spacial score (nSPS) is 15.2. The zero-order valence-electron chi connectivity index (χ0n) is 22.8. The minimum absolute atomic E-state index is 0.147. The van der Waals surface area contributed by atoms with E-state index in [0.29, 0.717) is 39.6 Å². The SMILES string of the molecule is CC(C)(C)[C@H]1CCc2c(sc(N=Cc3ccccc3OCc3cccc(Cl)c3)c2C(=O)Nc2ccc(Cl)cc2)C1. The number of para-hydroxylation sites is 1. The molecule has 1 heterocycles. The fraction of sp³-hybridized carbons (Fsp3) is 0.273. The lowest BCUT2D eigenvalue weighted by molar-refractivity contribution is 0.102. The van der Waals surface area contributed by atoms with Crippen molar-refractivity contribution >= 4 is 57.3 Å². The van der Waals surface area contributed by atoms with Gasteiger partial charge in [-0.15, -0.1) is 11.3 Å². The molecule has 40 heavy (non-hydrogen) atoms. The molecule has 0 saturated heterocycles. The van der Waals surface area contributed by atoms with E-state index in [4.69, 9.17) is 32.9 Å². The molecule has 1 N–H and O–H groups in total. The van der Waals surface area contributed by atoms with Crippen molar-refractivity contribution < 1.29 is 9.53 Å². The highest BCUT2D eigenvalue weighted by Gasteiger charge is 2.33. The van der Waals surface area contributed by atoms with E-state index in [-0.39, 0.29) is 11.3 Å². The van der Waals surface area contributed by atoms with Crippen LogP contribution in [0.2, 0.25) is 10.0 Å². The molecule has 206 valence electrons. The number of hydrogen-bond donors (Lipinski definition) is 1. The molecular formula is C33H32Cl2N2O2S. The second kappa shape index (κ2) is 12.2. The molecule has 0 unspecified atom stereocenters. The number of thiophene rings is 1. The standard InChI is InChI=1S/C33H32Cl2N2O2S/c1-33(2,3)23-11-16-27-29(18-23)40-32(30(27)31(38)37-26-14-12-24(34)13-15-26)36-19-22-8-4-5-10-28(22)39-20-21-7-6-9-25(35)17-21/h4-10,12-15,17,19,23H,11,16,18,20H2,1-3H3,(H,37,38)/t23-/m0/s1. The molecule has 0 fully saturated rings. The lowest BCUT2D eigenvalue weighted by Crippen LogP contribution is -2.27. The molecule has 1 aliphatic carbocycles. The van der Waals surface area contributed by atoms with Crippen LogP contribution in [0.3, 0.4) is 0 Å². The maximum Gasteiger partial charge on any atom is 0.259 e. The van der Waals surface area contributed by atoms with Crippen molar-refractivity contribution in [3.05, 3.63) is 110 Å². The van der Waals surface area contributed by atoms with Gasteiger partial charge in [0, 0.05) is 32.4 Å². The van der Waals surface area contributed by atoms with Gasteiger partial charge in [0.2, 0.25) is 0 Å². The average molecular weight is 592 g/mol. The number of benzene rings is 3. The number of carbonyl (C=O) groups excluding carboxylic acids is 1. The first-order chi connectivity index (χ1) is 19.2. The van der Waals surface area contributed by atoms with Crippen LogP contribution in [0.15, 0.2) is 77.8 Å². The predicted molar refractivity (Wildman–Crippen MR) is 168 cm³/mol. The molecule has 1 amide bonds. The Hall–Kier alpha value is -3.12. The van der Waals surface area contributed by atoms with Crippen molar-refractivity contribution in [1.29, 1.82) is 0 Å². The Balaban J connectivity index is 1.45. The van der Waals surface area contributed by atoms with Gasteiger partial charge in [-0.2, -0.15) is 0 Å². The number of carbonyl (C=O) groups is 1. The van der Waals surface area contributed by atoms with Crippen LogP contribution in [-0.4, -0.2) is 12.1 Å². The quantitative estimate of drug-likeness (QED) is 0.218. The number of halogens is 2. The molecule has 3 aromatic carbocycles. The zero-order valence-corrected chi connectivity index (χ0v) is 25.2. The van der Waals surface area contributed by atoms with Gasteiger partial charge in [-0.1, -0.05) is 68.2 Å². The maximum atomic E-state index is 13.6. The topological polar surface area (TPSA) is 50.7 Å². The Morgan fingerprint density at radius 2 is 1.82 bits per heavy atom. The molecule has 5 rings (SSSR count). The molecule has 7 heteroatoms. The summed E-state index contributed by atoms with van der Waals surface area (Å²) in [6.45, 7) is 7.28. The largest absolute Gasteiger partial charge is 0.488 e. The highest BCUT2D eigenvalue weighted by Crippen LogP contribution is 2.45. The molecule has 0 radical (unpaired) electrons. The number of fused-ring (bicyclic) bond motifs is 1. The van der Waals surface area contributed by atoms with Crippen LogP contribution < -0.4 is 10.1 Å². The summed E-state index contributed by atoms with van der Waals surface area (Å²) < 4.78 is 6.13. The second-order valence-electron chi connectivity index (χ2n) is 11.2. The van der Waals surface area contributed by atoms with Gasteiger partial charge >= 0.3 is 0 Å². The van der Waals surface area contributed by atoms with Crippen molar-refractivity contribution in [3.8, 4) is 5.75 Å². The average Bonchev–Trinajstić information content (AvgIpc) is 3.30. The minimum Gasteiger partial charge on any atom is -0.488 e. The van der Waals surface area contributed by atoms with Gasteiger partial charge in [-0.05, 0) is 90.3 Å². The van der Waals surface area contributed by atoms with Crippen LogP contribution in [0, 0.1) is 11.3 Å². The van der Waals surface area contributed by atoms with Gasteiger partial charge in [0.1, 0.15) is 17.4 Å². The number of rotatable bonds is 7. The molecule has 1 aliphatic rings. The van der Waals surface area contributed by atoms with Gasteiger partial charge in [0.05, 0.1) is 5.56 Å². The Morgan fingerprint density at radius 1 is 1.05 bits per heavy atom. The first kappa shape index (κ1) is 28.4. The van der Waals surface area contributed by atoms with Crippen LogP contribution in [0.4, 0.5) is 10.7 Å². The van der Waals surface area contributed by atoms with E-state index in [1.165, 1.54) is 4.88 Å². The molecule has 0 aliphatic heterocycles. The summed E-state index contributed by atoms with van der Waals surface area (Å²) in [6.07, 6.45) is 4.67. The third kappa shape index (κ3) is 6.77. The summed E-state index contributed by atoms with van der Waals surface area (Å²) in [5.41, 5.74) is 4.51. The molecule has 1 aromatic heterocycles. The van der Waals surface area contributed by atoms with E-state index < -0.39 is 0 Å². The van der Waals surface area contributed by atoms with Crippen molar-refractivity contribution in [3.63, 3.8) is 0 Å². The smallest absolute Gasteiger partial charge is 0.259 e. The number of anilines is 1. The Bertz CT molecular complexity index is 1540. The molecule has 1 atom stereocenters. The predicted octanol–water partition coefficient (Wildman–Crippen LogP) is 9.79. The summed E-state index contributed by atoms with van der Waals surface area (Å²) in [5, 5.41) is 5.08. The van der Waals surface area contributed by atoms with Crippen LogP contribution in [0.1, 0.15) is 59.1 Å². The van der Waals surface area contributed by atoms with E-state index in [0.717, 1.165) is 41.0 Å². The Morgan fingerprint density at radius 3 is 2.58 bits per heavy atom. The minimum atomic E-state index is -0.147. The van der Waals surface area contributed by atoms with Gasteiger partial charge < -0.3 is 10.1 Å². The summed E-state index contributed by atoms with van der Waals surface area (Å²) in [5.74, 6) is 1.13. The van der Waals surface area contributed by atoms with E-state index >= 15 is 0 Å². The molecule has 4 nitrogen and oxygen atoms in total. The third-order valence-corrected chi connectivity index (χ3v) is 8.97. The van der Waals surface area contributed by atoms with E-state index in [1.54, 1.807) is 29.7 Å². The summed E-state index contributed by atoms with van der Waals surface area (Å²) in [7, 11) is 0. The second-order valence-corrected chi connectivity index (χ2v) is 13.1. The summed E-state index contributed by atoms with van der Waals surface area (Å²) >= 11 is 13.8. The first-order valence-corrected chi connectivity index (χ1v) is 15.0. The number of nitrogens with zero attached hydrogens (tertiary/aromatic N) is 1. The summed E-state index contributed by atoms with van der Waals surface area (Å²) in [4.78, 5) is 19.8. The number of nitrogens with one attached hydrogen (secondary N) is 1. The highest BCUT2D eigenvalue weighted by molar-refractivity contribution is 7.16. The van der Waals surface area contributed by atoms with Crippen LogP contribution >= 0.6 is 34.5 Å². The molecular weight excluding hydrogens is 559 g/mol. The van der Waals surface area contributed by atoms with E-state index in [1.807, 2.05) is 60.7 Å². The van der Waals surface area contributed by atoms with Crippen LogP contribution in [-0.2, 0) is 19.4 Å². The number of hydrogen-bond acceptors (Lipinski definition) is 4.